The van der Waals surface area contributed by atoms with Gasteiger partial charge in [0.05, 0.1) is 10.4 Å². The fraction of sp³-hybridized carbons (Fsp3) is 0.643. The van der Waals surface area contributed by atoms with E-state index in [9.17, 15) is 4.79 Å². The molecule has 2 heterocycles. The summed E-state index contributed by atoms with van der Waals surface area (Å²) in [5.74, 6) is 0.616. The molecule has 0 amide bonds. The minimum absolute atomic E-state index is 0.0130. The maximum absolute atomic E-state index is 12.0. The Morgan fingerprint density at radius 1 is 1.30 bits per heavy atom. The molecule has 110 valence electrons. The second kappa shape index (κ2) is 6.08. The molecule has 0 aliphatic carbocycles. The number of esters is 1. The highest BCUT2D eigenvalue weighted by Crippen LogP contribution is 2.23. The van der Waals surface area contributed by atoms with Crippen molar-refractivity contribution < 1.29 is 9.53 Å². The molecular formula is C14H20BrN3O2. The molecule has 1 aliphatic heterocycles. The lowest BCUT2D eigenvalue weighted by Gasteiger charge is -2.32. The fourth-order valence-electron chi connectivity index (χ4n) is 2.17. The molecule has 0 spiro atoms. The molecule has 6 heteroatoms. The number of rotatable bonds is 2. The largest absolute Gasteiger partial charge is 0.460 e. The average molecular weight is 342 g/mol. The average Bonchev–Trinajstić information content (AvgIpc) is 2.38. The number of hydrogen-bond donors (Lipinski definition) is 0. The molecule has 2 rings (SSSR count). The summed E-state index contributed by atoms with van der Waals surface area (Å²) in [6.45, 7) is 7.26. The van der Waals surface area contributed by atoms with Crippen LogP contribution in [0.3, 0.4) is 0 Å². The van der Waals surface area contributed by atoms with Crippen LogP contribution in [0.15, 0.2) is 16.9 Å². The quantitative estimate of drug-likeness (QED) is 0.774. The first-order valence-electron chi connectivity index (χ1n) is 6.80. The summed E-state index contributed by atoms with van der Waals surface area (Å²) in [6, 6.07) is 0. The minimum atomic E-state index is -0.414. The van der Waals surface area contributed by atoms with E-state index >= 15 is 0 Å². The van der Waals surface area contributed by atoms with Gasteiger partial charge < -0.3 is 9.64 Å². The molecule has 0 bridgehead atoms. The summed E-state index contributed by atoms with van der Waals surface area (Å²) in [5, 5.41) is 0. The maximum atomic E-state index is 12.0. The molecule has 1 aromatic rings. The molecule has 0 saturated carbocycles. The Labute approximate surface area is 127 Å². The van der Waals surface area contributed by atoms with Crippen LogP contribution in [-0.2, 0) is 9.53 Å². The molecule has 1 aromatic heterocycles. The van der Waals surface area contributed by atoms with Crippen molar-refractivity contribution in [2.24, 2.45) is 5.92 Å². The van der Waals surface area contributed by atoms with Crippen LogP contribution in [0.2, 0.25) is 0 Å². The van der Waals surface area contributed by atoms with Gasteiger partial charge in [-0.3, -0.25) is 4.79 Å². The summed E-state index contributed by atoms with van der Waals surface area (Å²) in [5.41, 5.74) is -0.414. The fourth-order valence-corrected chi connectivity index (χ4v) is 2.37. The number of carbonyl (C=O) groups is 1. The lowest BCUT2D eigenvalue weighted by Crippen LogP contribution is -2.39. The number of nitrogens with zero attached hydrogens (tertiary/aromatic N) is 3. The van der Waals surface area contributed by atoms with E-state index in [0.29, 0.717) is 0 Å². The Morgan fingerprint density at radius 2 is 1.85 bits per heavy atom. The predicted octanol–water partition coefficient (Wildman–Crippen LogP) is 2.80. The molecule has 0 radical (unpaired) electrons. The van der Waals surface area contributed by atoms with E-state index in [2.05, 4.69) is 30.8 Å². The first-order chi connectivity index (χ1) is 9.35. The van der Waals surface area contributed by atoms with Crippen molar-refractivity contribution in [1.82, 2.24) is 9.97 Å². The molecule has 1 saturated heterocycles. The first-order valence-corrected chi connectivity index (χ1v) is 7.60. The zero-order chi connectivity index (χ0) is 14.8. The van der Waals surface area contributed by atoms with Crippen LogP contribution in [0.5, 0.6) is 0 Å². The van der Waals surface area contributed by atoms with Gasteiger partial charge in [0.2, 0.25) is 5.95 Å². The van der Waals surface area contributed by atoms with Crippen molar-refractivity contribution in [1.29, 1.82) is 0 Å². The highest BCUT2D eigenvalue weighted by Gasteiger charge is 2.29. The summed E-state index contributed by atoms with van der Waals surface area (Å²) in [7, 11) is 0. The molecule has 20 heavy (non-hydrogen) atoms. The molecular weight excluding hydrogens is 322 g/mol. The minimum Gasteiger partial charge on any atom is -0.460 e. The molecule has 1 aliphatic rings. The Bertz CT molecular complexity index is 462. The Hall–Kier alpha value is -1.17. The van der Waals surface area contributed by atoms with E-state index < -0.39 is 5.60 Å². The van der Waals surface area contributed by atoms with Gasteiger partial charge in [0.15, 0.2) is 0 Å². The van der Waals surface area contributed by atoms with Gasteiger partial charge in [0.1, 0.15) is 5.60 Å². The molecule has 0 aromatic carbocycles. The lowest BCUT2D eigenvalue weighted by molar-refractivity contribution is -0.160. The smallest absolute Gasteiger partial charge is 0.309 e. The number of anilines is 1. The van der Waals surface area contributed by atoms with Crippen LogP contribution >= 0.6 is 15.9 Å². The third kappa shape index (κ3) is 4.16. The van der Waals surface area contributed by atoms with Crippen molar-refractivity contribution in [3.05, 3.63) is 16.9 Å². The van der Waals surface area contributed by atoms with Crippen LogP contribution < -0.4 is 4.90 Å². The molecule has 5 nitrogen and oxygen atoms in total. The van der Waals surface area contributed by atoms with Crippen LogP contribution in [0.4, 0.5) is 5.95 Å². The second-order valence-corrected chi connectivity index (χ2v) is 6.91. The predicted molar refractivity (Wildman–Crippen MR) is 80.5 cm³/mol. The van der Waals surface area contributed by atoms with Gasteiger partial charge in [0, 0.05) is 25.5 Å². The monoisotopic (exact) mass is 341 g/mol. The van der Waals surface area contributed by atoms with E-state index in [-0.39, 0.29) is 11.9 Å². The van der Waals surface area contributed by atoms with Crippen molar-refractivity contribution in [2.45, 2.75) is 39.2 Å². The van der Waals surface area contributed by atoms with E-state index in [1.54, 1.807) is 12.4 Å². The van der Waals surface area contributed by atoms with Crippen LogP contribution in [-0.4, -0.2) is 34.6 Å². The van der Waals surface area contributed by atoms with Gasteiger partial charge in [-0.25, -0.2) is 9.97 Å². The first kappa shape index (κ1) is 15.2. The molecule has 0 N–H and O–H groups in total. The number of hydrogen-bond acceptors (Lipinski definition) is 5. The third-order valence-corrected chi connectivity index (χ3v) is 3.53. The van der Waals surface area contributed by atoms with Gasteiger partial charge in [-0.05, 0) is 49.5 Å². The van der Waals surface area contributed by atoms with Crippen molar-refractivity contribution in [2.75, 3.05) is 18.0 Å². The van der Waals surface area contributed by atoms with Crippen molar-refractivity contribution in [3.8, 4) is 0 Å². The third-order valence-electron chi connectivity index (χ3n) is 3.12. The topological polar surface area (TPSA) is 55.3 Å². The SMILES string of the molecule is CC(C)(C)OC(=O)C1CCN(c2ncc(Br)cn2)CC1. The van der Waals surface area contributed by atoms with Gasteiger partial charge >= 0.3 is 5.97 Å². The number of carbonyl (C=O) groups excluding carboxylic acids is 1. The van der Waals surface area contributed by atoms with Gasteiger partial charge in [-0.15, -0.1) is 0 Å². The van der Waals surface area contributed by atoms with Crippen LogP contribution in [0.1, 0.15) is 33.6 Å². The second-order valence-electron chi connectivity index (χ2n) is 6.00. The zero-order valence-corrected chi connectivity index (χ0v) is 13.7. The summed E-state index contributed by atoms with van der Waals surface area (Å²) in [4.78, 5) is 22.7. The number of halogens is 1. The molecule has 1 fully saturated rings. The van der Waals surface area contributed by atoms with Gasteiger partial charge in [0.25, 0.3) is 0 Å². The summed E-state index contributed by atoms with van der Waals surface area (Å²) in [6.07, 6.45) is 5.05. The van der Waals surface area contributed by atoms with Gasteiger partial charge in [-0.2, -0.15) is 0 Å². The molecule has 0 atom stereocenters. The van der Waals surface area contributed by atoms with Crippen molar-refractivity contribution >= 4 is 27.8 Å². The Balaban J connectivity index is 1.89. The molecule has 0 unspecified atom stereocenters. The normalized spacial score (nSPS) is 17.1. The summed E-state index contributed by atoms with van der Waals surface area (Å²) < 4.78 is 6.30. The van der Waals surface area contributed by atoms with E-state index in [4.69, 9.17) is 4.74 Å². The standard InChI is InChI=1S/C14H20BrN3O2/c1-14(2,3)20-12(19)10-4-6-18(7-5-10)13-16-8-11(15)9-17-13/h8-10H,4-7H2,1-3H3. The highest BCUT2D eigenvalue weighted by molar-refractivity contribution is 9.10. The summed E-state index contributed by atoms with van der Waals surface area (Å²) >= 11 is 3.32. The maximum Gasteiger partial charge on any atom is 0.309 e. The number of piperidine rings is 1. The van der Waals surface area contributed by atoms with E-state index in [0.717, 1.165) is 36.4 Å². The highest BCUT2D eigenvalue weighted by atomic mass is 79.9. The van der Waals surface area contributed by atoms with E-state index in [1.165, 1.54) is 0 Å². The van der Waals surface area contributed by atoms with Crippen LogP contribution in [0.25, 0.3) is 0 Å². The Kier molecular flexibility index (Phi) is 4.62. The van der Waals surface area contributed by atoms with Gasteiger partial charge in [-0.1, -0.05) is 0 Å². The number of aromatic nitrogens is 2. The lowest BCUT2D eigenvalue weighted by atomic mass is 9.97. The van der Waals surface area contributed by atoms with E-state index in [1.807, 2.05) is 20.8 Å². The van der Waals surface area contributed by atoms with Crippen molar-refractivity contribution in [3.63, 3.8) is 0 Å². The zero-order valence-electron chi connectivity index (χ0n) is 12.1. The Morgan fingerprint density at radius 3 is 2.35 bits per heavy atom. The number of ether oxygens (including phenoxy) is 1. The van der Waals surface area contributed by atoms with Crippen LogP contribution in [0, 0.1) is 5.92 Å².